The fraction of sp³-hybridized carbons (Fsp3) is 0.417. The lowest BCUT2D eigenvalue weighted by molar-refractivity contribution is -0.133. The molecule has 0 spiro atoms. The molecule has 1 saturated heterocycles. The van der Waals surface area contributed by atoms with E-state index in [1.54, 1.807) is 4.90 Å². The quantitative estimate of drug-likeness (QED) is 0.721. The van der Waals surface area contributed by atoms with Crippen molar-refractivity contribution in [3.63, 3.8) is 0 Å². The second-order valence-corrected chi connectivity index (χ2v) is 8.01. The van der Waals surface area contributed by atoms with E-state index < -0.39 is 5.67 Å². The third-order valence-electron chi connectivity index (χ3n) is 6.07. The molecule has 1 atom stereocenters. The van der Waals surface area contributed by atoms with Gasteiger partial charge in [0.05, 0.1) is 5.52 Å². The molecule has 4 rings (SSSR count). The molecule has 0 bridgehead atoms. The summed E-state index contributed by atoms with van der Waals surface area (Å²) in [7, 11) is 0. The Morgan fingerprint density at radius 2 is 2.11 bits per heavy atom. The molecule has 0 saturated carbocycles. The number of carbonyl (C=O) groups is 1. The summed E-state index contributed by atoms with van der Waals surface area (Å²) in [5, 5.41) is 1.14. The number of hydrogen-bond acceptors (Lipinski definition) is 2. The molecule has 4 heteroatoms. The number of nitrogens with zero attached hydrogens (tertiary/aromatic N) is 2. The van der Waals surface area contributed by atoms with Crippen molar-refractivity contribution in [1.82, 2.24) is 9.88 Å². The number of fused-ring (bicyclic) bond motifs is 1. The van der Waals surface area contributed by atoms with Gasteiger partial charge in [-0.1, -0.05) is 43.4 Å². The van der Waals surface area contributed by atoms with Crippen molar-refractivity contribution in [2.45, 2.75) is 44.7 Å². The smallest absolute Gasteiger partial charge is 0.222 e. The van der Waals surface area contributed by atoms with Crippen LogP contribution in [0.25, 0.3) is 16.5 Å². The van der Waals surface area contributed by atoms with Crippen molar-refractivity contribution in [2.24, 2.45) is 5.92 Å². The summed E-state index contributed by atoms with van der Waals surface area (Å²) in [5.74, 6) is 0.359. The van der Waals surface area contributed by atoms with Gasteiger partial charge in [0.15, 0.2) is 0 Å². The molecule has 1 aromatic heterocycles. The minimum Gasteiger partial charge on any atom is -0.342 e. The molecular formula is C24H27FN2O. The number of rotatable bonds is 4. The second-order valence-electron chi connectivity index (χ2n) is 8.01. The number of carbonyl (C=O) groups excluding carboxylic acids is 1. The van der Waals surface area contributed by atoms with Crippen LogP contribution in [-0.2, 0) is 4.79 Å². The summed E-state index contributed by atoms with van der Waals surface area (Å²) in [4.78, 5) is 18.0. The molecule has 1 aliphatic carbocycles. The maximum absolute atomic E-state index is 15.3. The number of piperidine rings is 1. The maximum Gasteiger partial charge on any atom is 0.222 e. The summed E-state index contributed by atoms with van der Waals surface area (Å²) >= 11 is 0. The largest absolute Gasteiger partial charge is 0.342 e. The van der Waals surface area contributed by atoms with Gasteiger partial charge in [-0.25, -0.2) is 4.39 Å². The van der Waals surface area contributed by atoms with E-state index >= 15 is 4.39 Å². The highest BCUT2D eigenvalue weighted by atomic mass is 19.1. The lowest BCUT2D eigenvalue weighted by atomic mass is 9.80. The number of hydrogen-bond donors (Lipinski definition) is 0. The molecule has 0 N–H and O–H groups in total. The van der Waals surface area contributed by atoms with E-state index in [0.29, 0.717) is 38.8 Å². The SMILES string of the molecule is CCC(=O)N1CCC(F)(CC2C=CC(c3ccc4cccnc4c3)=CC2)CC1. The van der Waals surface area contributed by atoms with Gasteiger partial charge in [0.2, 0.25) is 5.91 Å². The summed E-state index contributed by atoms with van der Waals surface area (Å²) in [6.45, 7) is 2.96. The summed E-state index contributed by atoms with van der Waals surface area (Å²) in [5.41, 5.74) is 2.17. The van der Waals surface area contributed by atoms with Crippen molar-refractivity contribution in [3.8, 4) is 0 Å². The van der Waals surface area contributed by atoms with Crippen LogP contribution in [0.3, 0.4) is 0 Å². The summed E-state index contributed by atoms with van der Waals surface area (Å²) in [6, 6.07) is 10.3. The minimum atomic E-state index is -1.16. The molecule has 3 nitrogen and oxygen atoms in total. The number of likely N-dealkylation sites (tertiary alicyclic amines) is 1. The lowest BCUT2D eigenvalue weighted by Gasteiger charge is -2.38. The molecule has 1 aromatic carbocycles. The van der Waals surface area contributed by atoms with E-state index in [-0.39, 0.29) is 11.8 Å². The Morgan fingerprint density at radius 3 is 2.82 bits per heavy atom. The van der Waals surface area contributed by atoms with E-state index in [9.17, 15) is 4.79 Å². The summed E-state index contributed by atoms with van der Waals surface area (Å²) < 4.78 is 15.3. The van der Waals surface area contributed by atoms with Crippen LogP contribution < -0.4 is 0 Å². The van der Waals surface area contributed by atoms with E-state index in [0.717, 1.165) is 22.9 Å². The molecule has 2 aromatic rings. The number of pyridine rings is 1. The zero-order chi connectivity index (χ0) is 19.6. The van der Waals surface area contributed by atoms with Crippen molar-refractivity contribution in [1.29, 1.82) is 0 Å². The number of halogens is 1. The molecule has 2 heterocycles. The van der Waals surface area contributed by atoms with Crippen LogP contribution >= 0.6 is 0 Å². The zero-order valence-electron chi connectivity index (χ0n) is 16.4. The van der Waals surface area contributed by atoms with Crippen LogP contribution in [0.5, 0.6) is 0 Å². The van der Waals surface area contributed by atoms with Gasteiger partial charge in [0.1, 0.15) is 5.67 Å². The van der Waals surface area contributed by atoms with Gasteiger partial charge in [-0.05, 0) is 54.9 Å². The van der Waals surface area contributed by atoms with Crippen molar-refractivity contribution in [2.75, 3.05) is 13.1 Å². The van der Waals surface area contributed by atoms with E-state index in [1.807, 2.05) is 19.2 Å². The number of aromatic nitrogens is 1. The first-order chi connectivity index (χ1) is 13.6. The van der Waals surface area contributed by atoms with Crippen LogP contribution in [0.1, 0.15) is 44.6 Å². The minimum absolute atomic E-state index is 0.136. The van der Waals surface area contributed by atoms with Crippen molar-refractivity contribution < 1.29 is 9.18 Å². The zero-order valence-corrected chi connectivity index (χ0v) is 16.4. The Bertz CT molecular complexity index is 925. The average molecular weight is 378 g/mol. The van der Waals surface area contributed by atoms with E-state index in [4.69, 9.17) is 0 Å². The molecule has 1 amide bonds. The normalized spacial score (nSPS) is 21.6. The highest BCUT2D eigenvalue weighted by molar-refractivity contribution is 5.85. The van der Waals surface area contributed by atoms with Gasteiger partial charge < -0.3 is 4.90 Å². The second kappa shape index (κ2) is 7.86. The van der Waals surface area contributed by atoms with Crippen molar-refractivity contribution >= 4 is 22.4 Å². The van der Waals surface area contributed by atoms with Gasteiger partial charge in [-0.15, -0.1) is 0 Å². The Hall–Kier alpha value is -2.49. The van der Waals surface area contributed by atoms with Gasteiger partial charge in [-0.2, -0.15) is 0 Å². The van der Waals surface area contributed by atoms with Crippen molar-refractivity contribution in [3.05, 3.63) is 60.3 Å². The van der Waals surface area contributed by atoms with Gasteiger partial charge in [0, 0.05) is 31.1 Å². The lowest BCUT2D eigenvalue weighted by Crippen LogP contribution is -2.45. The number of benzene rings is 1. The number of allylic oxidation sites excluding steroid dienone is 4. The molecule has 0 radical (unpaired) electrons. The van der Waals surface area contributed by atoms with Crippen LogP contribution in [0.15, 0.2) is 54.8 Å². The Balaban J connectivity index is 1.37. The maximum atomic E-state index is 15.3. The first-order valence-corrected chi connectivity index (χ1v) is 10.3. The van der Waals surface area contributed by atoms with Crippen LogP contribution in [0, 0.1) is 5.92 Å². The molecule has 28 heavy (non-hydrogen) atoms. The predicted molar refractivity (Wildman–Crippen MR) is 112 cm³/mol. The first-order valence-electron chi connectivity index (χ1n) is 10.3. The fourth-order valence-electron chi connectivity index (χ4n) is 4.33. The molecule has 2 aliphatic rings. The highest BCUT2D eigenvalue weighted by Gasteiger charge is 2.37. The van der Waals surface area contributed by atoms with Crippen LogP contribution in [0.2, 0.25) is 0 Å². The predicted octanol–water partition coefficient (Wildman–Crippen LogP) is 5.33. The van der Waals surface area contributed by atoms with Crippen LogP contribution in [-0.4, -0.2) is 34.5 Å². The average Bonchev–Trinajstić information content (AvgIpc) is 2.74. The Morgan fingerprint density at radius 1 is 1.29 bits per heavy atom. The molecule has 1 unspecified atom stereocenters. The molecule has 146 valence electrons. The number of amides is 1. The third kappa shape index (κ3) is 4.01. The standard InChI is InChI=1S/C24H27FN2O/c1-2-23(28)27-14-11-24(25,12-15-27)17-18-5-7-19(8-6-18)21-10-9-20-4-3-13-26-22(20)16-21/h3-5,7-10,13,16,18H,2,6,11-12,14-15,17H2,1H3. The third-order valence-corrected chi connectivity index (χ3v) is 6.07. The Kier molecular flexibility index (Phi) is 5.29. The number of alkyl halides is 1. The van der Waals surface area contributed by atoms with Gasteiger partial charge in [0.25, 0.3) is 0 Å². The van der Waals surface area contributed by atoms with Gasteiger partial charge >= 0.3 is 0 Å². The topological polar surface area (TPSA) is 33.2 Å². The van der Waals surface area contributed by atoms with E-state index in [1.165, 1.54) is 5.57 Å². The first kappa shape index (κ1) is 18.9. The Labute approximate surface area is 166 Å². The van der Waals surface area contributed by atoms with Crippen LogP contribution in [0.4, 0.5) is 4.39 Å². The molecule has 1 fully saturated rings. The monoisotopic (exact) mass is 378 g/mol. The highest BCUT2D eigenvalue weighted by Crippen LogP contribution is 2.37. The molecular weight excluding hydrogens is 351 g/mol. The molecule has 1 aliphatic heterocycles. The fourth-order valence-corrected chi connectivity index (χ4v) is 4.33. The van der Waals surface area contributed by atoms with E-state index in [2.05, 4.69) is 47.5 Å². The summed E-state index contributed by atoms with van der Waals surface area (Å²) in [6.07, 6.45) is 11.1. The van der Waals surface area contributed by atoms with Gasteiger partial charge in [-0.3, -0.25) is 9.78 Å².